The van der Waals surface area contributed by atoms with Crippen molar-refractivity contribution in [3.8, 4) is 0 Å². The van der Waals surface area contributed by atoms with Gasteiger partial charge in [0.2, 0.25) is 0 Å². The maximum Gasteiger partial charge on any atom is 0.0221 e. The molecule has 2 atom stereocenters. The molecule has 0 radical (unpaired) electrons. The van der Waals surface area contributed by atoms with E-state index in [0.29, 0.717) is 6.04 Å². The van der Waals surface area contributed by atoms with Gasteiger partial charge in [-0.2, -0.15) is 11.3 Å². The minimum absolute atomic E-state index is 0.686. The summed E-state index contributed by atoms with van der Waals surface area (Å²) in [5.74, 6) is 0.786. The van der Waals surface area contributed by atoms with Gasteiger partial charge < -0.3 is 5.32 Å². The fourth-order valence-corrected chi connectivity index (χ4v) is 3.96. The van der Waals surface area contributed by atoms with Gasteiger partial charge in [-0.1, -0.05) is 27.2 Å². The second-order valence-electron chi connectivity index (χ2n) is 6.55. The van der Waals surface area contributed by atoms with Gasteiger partial charge in [0, 0.05) is 31.7 Å². The molecular weight excluding hydrogens is 264 g/mol. The van der Waals surface area contributed by atoms with Crippen LogP contribution in [0.5, 0.6) is 0 Å². The first-order valence-electron chi connectivity index (χ1n) is 8.17. The van der Waals surface area contributed by atoms with Crippen LogP contribution in [0, 0.1) is 5.92 Å². The molecule has 0 aromatic carbocycles. The summed E-state index contributed by atoms with van der Waals surface area (Å²) in [5.41, 5.74) is 1.50. The minimum atomic E-state index is 0.686. The first-order valence-corrected chi connectivity index (χ1v) is 9.11. The lowest BCUT2D eigenvalue weighted by molar-refractivity contribution is 0.116. The lowest BCUT2D eigenvalue weighted by Gasteiger charge is -2.41. The van der Waals surface area contributed by atoms with Crippen LogP contribution in [0.4, 0.5) is 0 Å². The molecule has 0 aliphatic carbocycles. The van der Waals surface area contributed by atoms with Crippen molar-refractivity contribution < 1.29 is 0 Å². The average Bonchev–Trinajstić information content (AvgIpc) is 2.91. The molecule has 1 aromatic rings. The molecule has 2 nitrogen and oxygen atoms in total. The van der Waals surface area contributed by atoms with Crippen LogP contribution in [0.25, 0.3) is 0 Å². The van der Waals surface area contributed by atoms with Crippen LogP contribution in [-0.2, 0) is 6.42 Å². The highest BCUT2D eigenvalue weighted by atomic mass is 32.1. The molecule has 1 saturated heterocycles. The first-order chi connectivity index (χ1) is 9.69. The van der Waals surface area contributed by atoms with E-state index in [2.05, 4.69) is 47.8 Å². The molecular formula is C17H30N2S. The summed E-state index contributed by atoms with van der Waals surface area (Å²) in [6.45, 7) is 10.6. The van der Waals surface area contributed by atoms with E-state index in [1.54, 1.807) is 0 Å². The van der Waals surface area contributed by atoms with E-state index in [9.17, 15) is 0 Å². The summed E-state index contributed by atoms with van der Waals surface area (Å²) in [7, 11) is 0. The Morgan fingerprint density at radius 2 is 2.30 bits per heavy atom. The Labute approximate surface area is 128 Å². The predicted molar refractivity (Wildman–Crippen MR) is 89.5 cm³/mol. The highest BCUT2D eigenvalue weighted by Crippen LogP contribution is 2.17. The standard InChI is InChI=1S/C17H30N2S/c1-4-5-17-11-18-16(10-14(2)3)12-19(17)8-6-15-7-9-20-13-15/h7,9,13-14,16-18H,4-6,8,10-12H2,1-3H3. The quantitative estimate of drug-likeness (QED) is 0.823. The monoisotopic (exact) mass is 294 g/mol. The maximum atomic E-state index is 3.77. The molecule has 0 bridgehead atoms. The van der Waals surface area contributed by atoms with Crippen LogP contribution >= 0.6 is 11.3 Å². The van der Waals surface area contributed by atoms with Gasteiger partial charge >= 0.3 is 0 Å². The third-order valence-electron chi connectivity index (χ3n) is 4.26. The van der Waals surface area contributed by atoms with E-state index in [0.717, 1.165) is 12.0 Å². The first kappa shape index (κ1) is 16.0. The third-order valence-corrected chi connectivity index (χ3v) is 4.99. The molecule has 0 saturated carbocycles. The van der Waals surface area contributed by atoms with Gasteiger partial charge in [0.15, 0.2) is 0 Å². The molecule has 1 aromatic heterocycles. The lowest BCUT2D eigenvalue weighted by Crippen LogP contribution is -2.57. The molecule has 3 heteroatoms. The number of hydrogen-bond acceptors (Lipinski definition) is 3. The second-order valence-corrected chi connectivity index (χ2v) is 7.33. The average molecular weight is 295 g/mol. The molecule has 0 spiro atoms. The van der Waals surface area contributed by atoms with E-state index in [1.807, 2.05) is 11.3 Å². The Bertz CT molecular complexity index is 361. The Balaban J connectivity index is 1.88. The second kappa shape index (κ2) is 8.16. The zero-order chi connectivity index (χ0) is 14.4. The van der Waals surface area contributed by atoms with Crippen molar-refractivity contribution in [2.75, 3.05) is 19.6 Å². The highest BCUT2D eigenvalue weighted by molar-refractivity contribution is 7.07. The van der Waals surface area contributed by atoms with Crippen molar-refractivity contribution in [1.82, 2.24) is 10.2 Å². The van der Waals surface area contributed by atoms with E-state index in [-0.39, 0.29) is 0 Å². The largest absolute Gasteiger partial charge is 0.311 e. The molecule has 1 fully saturated rings. The number of nitrogens with one attached hydrogen (secondary N) is 1. The van der Waals surface area contributed by atoms with E-state index < -0.39 is 0 Å². The van der Waals surface area contributed by atoms with Crippen LogP contribution < -0.4 is 5.32 Å². The smallest absolute Gasteiger partial charge is 0.0221 e. The molecule has 2 unspecified atom stereocenters. The lowest BCUT2D eigenvalue weighted by atomic mass is 9.98. The summed E-state index contributed by atoms with van der Waals surface area (Å²) in [6.07, 6.45) is 5.12. The van der Waals surface area contributed by atoms with Crippen LogP contribution in [0.2, 0.25) is 0 Å². The van der Waals surface area contributed by atoms with E-state index in [4.69, 9.17) is 0 Å². The Hall–Kier alpha value is -0.380. The Kier molecular flexibility index (Phi) is 6.53. The summed E-state index contributed by atoms with van der Waals surface area (Å²) >= 11 is 1.82. The van der Waals surface area contributed by atoms with Gasteiger partial charge in [-0.25, -0.2) is 0 Å². The summed E-state index contributed by atoms with van der Waals surface area (Å²) in [6, 6.07) is 3.69. The number of piperazine rings is 1. The van der Waals surface area contributed by atoms with Crippen molar-refractivity contribution in [3.05, 3.63) is 22.4 Å². The van der Waals surface area contributed by atoms with Crippen molar-refractivity contribution in [2.24, 2.45) is 5.92 Å². The summed E-state index contributed by atoms with van der Waals surface area (Å²) < 4.78 is 0. The molecule has 2 rings (SSSR count). The van der Waals surface area contributed by atoms with Crippen molar-refractivity contribution in [2.45, 2.75) is 58.5 Å². The van der Waals surface area contributed by atoms with Gasteiger partial charge in [0.05, 0.1) is 0 Å². The number of rotatable bonds is 7. The molecule has 20 heavy (non-hydrogen) atoms. The van der Waals surface area contributed by atoms with Crippen molar-refractivity contribution in [3.63, 3.8) is 0 Å². The summed E-state index contributed by atoms with van der Waals surface area (Å²) in [5, 5.41) is 8.26. The Morgan fingerprint density at radius 3 is 2.95 bits per heavy atom. The number of nitrogens with zero attached hydrogens (tertiary/aromatic N) is 1. The van der Waals surface area contributed by atoms with Crippen LogP contribution in [-0.4, -0.2) is 36.6 Å². The molecule has 1 N–H and O–H groups in total. The molecule has 0 amide bonds. The SMILES string of the molecule is CCCC1CNC(CC(C)C)CN1CCc1ccsc1. The van der Waals surface area contributed by atoms with E-state index in [1.165, 1.54) is 50.9 Å². The number of hydrogen-bond donors (Lipinski definition) is 1. The Morgan fingerprint density at radius 1 is 1.45 bits per heavy atom. The van der Waals surface area contributed by atoms with Gasteiger partial charge in [0.25, 0.3) is 0 Å². The minimum Gasteiger partial charge on any atom is -0.311 e. The van der Waals surface area contributed by atoms with Gasteiger partial charge in [-0.3, -0.25) is 4.90 Å². The molecule has 1 aliphatic rings. The number of thiophene rings is 1. The van der Waals surface area contributed by atoms with Gasteiger partial charge in [-0.15, -0.1) is 0 Å². The zero-order valence-electron chi connectivity index (χ0n) is 13.3. The zero-order valence-corrected chi connectivity index (χ0v) is 14.1. The summed E-state index contributed by atoms with van der Waals surface area (Å²) in [4.78, 5) is 2.74. The highest BCUT2D eigenvalue weighted by Gasteiger charge is 2.27. The normalized spacial score (nSPS) is 24.4. The predicted octanol–water partition coefficient (Wildman–Crippen LogP) is 3.78. The van der Waals surface area contributed by atoms with Crippen LogP contribution in [0.1, 0.15) is 45.6 Å². The molecule has 1 aliphatic heterocycles. The van der Waals surface area contributed by atoms with Crippen LogP contribution in [0.15, 0.2) is 16.8 Å². The van der Waals surface area contributed by atoms with Crippen molar-refractivity contribution in [1.29, 1.82) is 0 Å². The fourth-order valence-electron chi connectivity index (χ4n) is 3.25. The van der Waals surface area contributed by atoms with Crippen LogP contribution in [0.3, 0.4) is 0 Å². The fraction of sp³-hybridized carbons (Fsp3) is 0.765. The topological polar surface area (TPSA) is 15.3 Å². The van der Waals surface area contributed by atoms with Gasteiger partial charge in [0.1, 0.15) is 0 Å². The molecule has 2 heterocycles. The molecule has 114 valence electrons. The third kappa shape index (κ3) is 4.87. The van der Waals surface area contributed by atoms with E-state index >= 15 is 0 Å². The van der Waals surface area contributed by atoms with Crippen molar-refractivity contribution >= 4 is 11.3 Å². The van der Waals surface area contributed by atoms with Gasteiger partial charge in [-0.05, 0) is 47.6 Å². The maximum absolute atomic E-state index is 3.77.